The summed E-state index contributed by atoms with van der Waals surface area (Å²) in [6, 6.07) is 9.88. The van der Waals surface area contributed by atoms with Crippen LogP contribution in [-0.2, 0) is 6.54 Å². The normalized spacial score (nSPS) is 12.0. The highest BCUT2D eigenvalue weighted by molar-refractivity contribution is 7.09. The fraction of sp³-hybridized carbons (Fsp3) is 0.200. The molecule has 0 saturated carbocycles. The Labute approximate surface area is 136 Å². The van der Waals surface area contributed by atoms with Gasteiger partial charge in [0.2, 0.25) is 0 Å². The third kappa shape index (κ3) is 3.20. The van der Waals surface area contributed by atoms with E-state index in [1.54, 1.807) is 27.8 Å². The van der Waals surface area contributed by atoms with E-state index in [-0.39, 0.29) is 11.9 Å². The smallest absolute Gasteiger partial charge is 0.276 e. The lowest BCUT2D eigenvalue weighted by atomic mass is 10.1. The van der Waals surface area contributed by atoms with Crippen LogP contribution in [0.2, 0.25) is 0 Å². The highest BCUT2D eigenvalue weighted by atomic mass is 32.1. The number of carbonyl (C=O) groups excluding carboxylic acids is 1. The van der Waals surface area contributed by atoms with E-state index in [4.69, 9.17) is 0 Å². The van der Waals surface area contributed by atoms with Crippen molar-refractivity contribution in [2.24, 2.45) is 0 Å². The molecular formula is C15H14N4OS2. The van der Waals surface area contributed by atoms with Crippen LogP contribution in [0.4, 0.5) is 0 Å². The number of hydrogen-bond acceptors (Lipinski definition) is 6. The van der Waals surface area contributed by atoms with E-state index in [2.05, 4.69) is 14.6 Å². The summed E-state index contributed by atoms with van der Waals surface area (Å²) in [7, 11) is 0. The molecule has 0 aliphatic heterocycles. The quantitative estimate of drug-likeness (QED) is 0.719. The average molecular weight is 330 g/mol. The van der Waals surface area contributed by atoms with Crippen LogP contribution in [-0.4, -0.2) is 25.4 Å². The molecule has 0 saturated heterocycles. The zero-order chi connectivity index (χ0) is 15.4. The maximum absolute atomic E-state index is 12.8. The highest BCUT2D eigenvalue weighted by Gasteiger charge is 2.25. The summed E-state index contributed by atoms with van der Waals surface area (Å²) in [5, 5.41) is 8.39. The van der Waals surface area contributed by atoms with E-state index < -0.39 is 0 Å². The van der Waals surface area contributed by atoms with E-state index in [9.17, 15) is 4.79 Å². The van der Waals surface area contributed by atoms with Crippen molar-refractivity contribution in [3.05, 3.63) is 63.6 Å². The molecule has 0 aliphatic carbocycles. The molecule has 3 aromatic rings. The molecule has 0 N–H and O–H groups in total. The summed E-state index contributed by atoms with van der Waals surface area (Å²) in [5.74, 6) is -0.125. The van der Waals surface area contributed by atoms with Crippen LogP contribution in [0.15, 0.2) is 47.3 Å². The van der Waals surface area contributed by atoms with Gasteiger partial charge in [-0.2, -0.15) is 0 Å². The van der Waals surface area contributed by atoms with Gasteiger partial charge in [0.25, 0.3) is 5.91 Å². The average Bonchev–Trinajstić information content (AvgIpc) is 3.25. The second-order valence-electron chi connectivity index (χ2n) is 4.74. The van der Waals surface area contributed by atoms with Crippen molar-refractivity contribution in [2.45, 2.75) is 19.5 Å². The van der Waals surface area contributed by atoms with Crippen LogP contribution in [0.1, 0.15) is 34.0 Å². The van der Waals surface area contributed by atoms with Gasteiger partial charge < -0.3 is 4.90 Å². The van der Waals surface area contributed by atoms with Gasteiger partial charge in [-0.05, 0) is 24.0 Å². The van der Waals surface area contributed by atoms with Gasteiger partial charge in [0.05, 0.1) is 12.6 Å². The molecule has 112 valence electrons. The second kappa shape index (κ2) is 6.76. The Morgan fingerprint density at radius 3 is 2.77 bits per heavy atom. The highest BCUT2D eigenvalue weighted by Crippen LogP contribution is 2.24. The topological polar surface area (TPSA) is 59.0 Å². The molecule has 1 amide bonds. The number of amides is 1. The Morgan fingerprint density at radius 2 is 2.14 bits per heavy atom. The molecule has 0 fully saturated rings. The molecule has 2 aromatic heterocycles. The van der Waals surface area contributed by atoms with Gasteiger partial charge in [-0.15, -0.1) is 16.4 Å². The van der Waals surface area contributed by atoms with Crippen molar-refractivity contribution in [3.63, 3.8) is 0 Å². The zero-order valence-electron chi connectivity index (χ0n) is 11.9. The number of benzene rings is 1. The number of thiazole rings is 1. The molecule has 0 radical (unpaired) electrons. The summed E-state index contributed by atoms with van der Waals surface area (Å²) in [4.78, 5) is 18.8. The van der Waals surface area contributed by atoms with Gasteiger partial charge in [0.15, 0.2) is 5.69 Å². The largest absolute Gasteiger partial charge is 0.324 e. The third-order valence-electron chi connectivity index (χ3n) is 3.38. The Balaban J connectivity index is 1.90. The summed E-state index contributed by atoms with van der Waals surface area (Å²) in [5.41, 5.74) is 1.46. The zero-order valence-corrected chi connectivity index (χ0v) is 13.5. The minimum Gasteiger partial charge on any atom is -0.324 e. The molecule has 1 aromatic carbocycles. The van der Waals surface area contributed by atoms with E-state index >= 15 is 0 Å². The maximum atomic E-state index is 12.8. The number of nitrogens with zero attached hydrogens (tertiary/aromatic N) is 4. The van der Waals surface area contributed by atoms with E-state index in [0.717, 1.165) is 10.6 Å². The Kier molecular flexibility index (Phi) is 4.55. The molecule has 7 heteroatoms. The van der Waals surface area contributed by atoms with Crippen molar-refractivity contribution in [1.29, 1.82) is 0 Å². The first-order valence-electron chi connectivity index (χ1n) is 6.77. The molecule has 0 spiro atoms. The van der Waals surface area contributed by atoms with Crippen LogP contribution in [0.25, 0.3) is 0 Å². The standard InChI is InChI=1S/C15H14N4OS2/c1-11(12-5-3-2-4-6-12)19(9-14-16-7-8-21-14)15(20)13-10-22-18-17-13/h2-8,10-11H,9H2,1H3/t11-/m1/s1. The van der Waals surface area contributed by atoms with Crippen molar-refractivity contribution >= 4 is 28.8 Å². The first-order valence-corrected chi connectivity index (χ1v) is 8.48. The summed E-state index contributed by atoms with van der Waals surface area (Å²) in [6.45, 7) is 2.48. The molecule has 0 unspecified atom stereocenters. The fourth-order valence-corrected chi connectivity index (χ4v) is 3.22. The lowest BCUT2D eigenvalue weighted by Crippen LogP contribution is -2.33. The van der Waals surface area contributed by atoms with Crippen LogP contribution >= 0.6 is 22.9 Å². The fourth-order valence-electron chi connectivity index (χ4n) is 2.18. The Bertz CT molecular complexity index is 713. The summed E-state index contributed by atoms with van der Waals surface area (Å²) < 4.78 is 3.79. The molecule has 0 aliphatic rings. The molecule has 22 heavy (non-hydrogen) atoms. The van der Waals surface area contributed by atoms with Crippen LogP contribution < -0.4 is 0 Å². The van der Waals surface area contributed by atoms with Crippen LogP contribution in [0, 0.1) is 0 Å². The van der Waals surface area contributed by atoms with Crippen molar-refractivity contribution in [2.75, 3.05) is 0 Å². The van der Waals surface area contributed by atoms with Gasteiger partial charge >= 0.3 is 0 Å². The molecule has 3 rings (SSSR count). The Morgan fingerprint density at radius 1 is 1.32 bits per heavy atom. The molecule has 1 atom stereocenters. The van der Waals surface area contributed by atoms with Gasteiger partial charge in [-0.3, -0.25) is 4.79 Å². The summed E-state index contributed by atoms with van der Waals surface area (Å²) >= 11 is 2.72. The Hall–Kier alpha value is -2.12. The van der Waals surface area contributed by atoms with Crippen molar-refractivity contribution < 1.29 is 4.79 Å². The molecule has 2 heterocycles. The van der Waals surface area contributed by atoms with Gasteiger partial charge in [0.1, 0.15) is 5.01 Å². The minimum absolute atomic E-state index is 0.0701. The SMILES string of the molecule is C[C@H](c1ccccc1)N(Cc1nccs1)C(=O)c1csnn1. The number of aromatic nitrogens is 3. The number of rotatable bonds is 5. The van der Waals surface area contributed by atoms with Crippen molar-refractivity contribution in [1.82, 2.24) is 19.5 Å². The van der Waals surface area contributed by atoms with Gasteiger partial charge in [-0.25, -0.2) is 4.98 Å². The summed E-state index contributed by atoms with van der Waals surface area (Å²) in [6.07, 6.45) is 1.75. The number of hydrogen-bond donors (Lipinski definition) is 0. The van der Waals surface area contributed by atoms with E-state index in [0.29, 0.717) is 12.2 Å². The number of carbonyl (C=O) groups is 1. The van der Waals surface area contributed by atoms with Crippen LogP contribution in [0.3, 0.4) is 0 Å². The maximum Gasteiger partial charge on any atom is 0.276 e. The van der Waals surface area contributed by atoms with Crippen molar-refractivity contribution in [3.8, 4) is 0 Å². The predicted octanol–water partition coefficient (Wildman–Crippen LogP) is 3.40. The minimum atomic E-state index is -0.125. The van der Waals surface area contributed by atoms with Crippen LogP contribution in [0.5, 0.6) is 0 Å². The first kappa shape index (κ1) is 14.8. The predicted molar refractivity (Wildman–Crippen MR) is 86.8 cm³/mol. The van der Waals surface area contributed by atoms with Gasteiger partial charge in [0, 0.05) is 17.0 Å². The molecular weight excluding hydrogens is 316 g/mol. The third-order valence-corrected chi connectivity index (χ3v) is 4.65. The molecule has 5 nitrogen and oxygen atoms in total. The van der Waals surface area contributed by atoms with E-state index in [1.807, 2.05) is 42.6 Å². The first-order chi connectivity index (χ1) is 10.8. The lowest BCUT2D eigenvalue weighted by Gasteiger charge is -2.28. The van der Waals surface area contributed by atoms with E-state index in [1.165, 1.54) is 11.5 Å². The second-order valence-corrected chi connectivity index (χ2v) is 6.32. The lowest BCUT2D eigenvalue weighted by molar-refractivity contribution is 0.0668. The monoisotopic (exact) mass is 330 g/mol. The van der Waals surface area contributed by atoms with Gasteiger partial charge in [-0.1, -0.05) is 34.8 Å². The molecule has 0 bridgehead atoms.